The van der Waals surface area contributed by atoms with Gasteiger partial charge in [0.2, 0.25) is 21.8 Å². The number of carbonyl (C=O) groups is 2. The van der Waals surface area contributed by atoms with Crippen molar-refractivity contribution in [3.8, 4) is 0 Å². The fraction of sp³-hybridized carbons (Fsp3) is 0.259. The zero-order valence-electron chi connectivity index (χ0n) is 20.1. The molecule has 8 heteroatoms. The van der Waals surface area contributed by atoms with E-state index in [1.54, 1.807) is 37.3 Å². The van der Waals surface area contributed by atoms with Crippen LogP contribution in [0.1, 0.15) is 23.6 Å². The number of rotatable bonds is 6. The number of sulfonamides is 1. The van der Waals surface area contributed by atoms with Gasteiger partial charge < -0.3 is 5.32 Å². The number of aryl methyl sites for hydroxylation is 2. The SMILES string of the molecule is Cc1ccc(CNC(=O)[C@@]2(C)CN(S(=O)(=O)c3ccccc3)CC(=O)N2c2ccc(C)cc2)cc1. The second kappa shape index (κ2) is 9.64. The van der Waals surface area contributed by atoms with E-state index in [0.717, 1.165) is 21.0 Å². The largest absolute Gasteiger partial charge is 0.350 e. The van der Waals surface area contributed by atoms with Crippen LogP contribution in [0.25, 0.3) is 0 Å². The van der Waals surface area contributed by atoms with Gasteiger partial charge in [-0.25, -0.2) is 8.42 Å². The van der Waals surface area contributed by atoms with Crippen LogP contribution < -0.4 is 10.2 Å². The number of hydrogen-bond donors (Lipinski definition) is 1. The van der Waals surface area contributed by atoms with E-state index >= 15 is 0 Å². The van der Waals surface area contributed by atoms with Crippen molar-refractivity contribution in [1.82, 2.24) is 9.62 Å². The lowest BCUT2D eigenvalue weighted by atomic mass is 9.94. The van der Waals surface area contributed by atoms with Gasteiger partial charge in [-0.2, -0.15) is 4.31 Å². The third kappa shape index (κ3) is 4.99. The Morgan fingerprint density at radius 1 is 0.914 bits per heavy atom. The van der Waals surface area contributed by atoms with Crippen LogP contribution in [0.2, 0.25) is 0 Å². The maximum Gasteiger partial charge on any atom is 0.247 e. The Kier molecular flexibility index (Phi) is 6.78. The van der Waals surface area contributed by atoms with Crippen LogP contribution in [0.3, 0.4) is 0 Å². The summed E-state index contributed by atoms with van der Waals surface area (Å²) in [5, 5.41) is 2.92. The lowest BCUT2D eigenvalue weighted by Gasteiger charge is -2.46. The van der Waals surface area contributed by atoms with Crippen LogP contribution in [0.4, 0.5) is 5.69 Å². The van der Waals surface area contributed by atoms with Crippen LogP contribution in [0, 0.1) is 13.8 Å². The number of anilines is 1. The minimum atomic E-state index is -3.98. The highest BCUT2D eigenvalue weighted by molar-refractivity contribution is 7.89. The molecule has 0 saturated carbocycles. The van der Waals surface area contributed by atoms with E-state index in [4.69, 9.17) is 0 Å². The Balaban J connectivity index is 1.69. The highest BCUT2D eigenvalue weighted by Gasteiger charge is 2.51. The standard InChI is InChI=1S/C27H29N3O4S/c1-20-9-13-22(14-10-20)17-28-26(32)27(3)19-29(35(33,34)24-7-5-4-6-8-24)18-25(31)30(27)23-15-11-21(2)12-16-23/h4-16H,17-19H2,1-3H3,(H,28,32)/t27-/m1/s1. The van der Waals surface area contributed by atoms with Crippen molar-refractivity contribution in [1.29, 1.82) is 0 Å². The maximum atomic E-state index is 13.6. The van der Waals surface area contributed by atoms with Gasteiger partial charge >= 0.3 is 0 Å². The average Bonchev–Trinajstić information content (AvgIpc) is 2.84. The molecule has 3 aromatic carbocycles. The molecule has 182 valence electrons. The Bertz CT molecular complexity index is 1320. The molecule has 1 fully saturated rings. The topological polar surface area (TPSA) is 86.8 Å². The fourth-order valence-corrected chi connectivity index (χ4v) is 5.75. The normalized spacial score (nSPS) is 18.9. The molecule has 35 heavy (non-hydrogen) atoms. The van der Waals surface area contributed by atoms with Crippen LogP contribution in [-0.4, -0.2) is 43.2 Å². The molecule has 1 atom stereocenters. The molecule has 4 rings (SSSR count). The first kappa shape index (κ1) is 24.6. The lowest BCUT2D eigenvalue weighted by Crippen LogP contribution is -2.70. The molecule has 0 spiro atoms. The number of hydrogen-bond acceptors (Lipinski definition) is 4. The summed E-state index contributed by atoms with van der Waals surface area (Å²) in [6.07, 6.45) is 0. The predicted octanol–water partition coefficient (Wildman–Crippen LogP) is 3.42. The number of nitrogens with zero attached hydrogens (tertiary/aromatic N) is 2. The van der Waals surface area contributed by atoms with Gasteiger partial charge in [0.05, 0.1) is 11.4 Å². The van der Waals surface area contributed by atoms with Crippen LogP contribution in [0.5, 0.6) is 0 Å². The van der Waals surface area contributed by atoms with Crippen LogP contribution in [0.15, 0.2) is 83.8 Å². The zero-order valence-corrected chi connectivity index (χ0v) is 20.9. The number of piperazine rings is 1. The van der Waals surface area contributed by atoms with Gasteiger partial charge in [-0.15, -0.1) is 0 Å². The summed E-state index contributed by atoms with van der Waals surface area (Å²) in [6, 6.07) is 23.0. The molecule has 0 unspecified atom stereocenters. The highest BCUT2D eigenvalue weighted by atomic mass is 32.2. The molecule has 0 bridgehead atoms. The van der Waals surface area contributed by atoms with E-state index in [1.165, 1.54) is 17.0 Å². The lowest BCUT2D eigenvalue weighted by molar-refractivity contribution is -0.133. The van der Waals surface area contributed by atoms with Crippen molar-refractivity contribution >= 4 is 27.5 Å². The van der Waals surface area contributed by atoms with Crippen molar-refractivity contribution in [3.05, 3.63) is 95.6 Å². The minimum Gasteiger partial charge on any atom is -0.350 e. The van der Waals surface area contributed by atoms with E-state index in [0.29, 0.717) is 5.69 Å². The molecule has 1 heterocycles. The monoisotopic (exact) mass is 491 g/mol. The van der Waals surface area contributed by atoms with Crippen LogP contribution in [-0.2, 0) is 26.2 Å². The van der Waals surface area contributed by atoms with Gasteiger partial charge in [0.1, 0.15) is 5.54 Å². The van der Waals surface area contributed by atoms with E-state index in [1.807, 2.05) is 50.2 Å². The molecule has 1 aliphatic rings. The van der Waals surface area contributed by atoms with Crippen LogP contribution >= 0.6 is 0 Å². The first-order chi connectivity index (χ1) is 16.6. The Morgan fingerprint density at radius 2 is 1.49 bits per heavy atom. The molecule has 0 aliphatic carbocycles. The quantitative estimate of drug-likeness (QED) is 0.573. The Labute approximate surface area is 206 Å². The van der Waals surface area contributed by atoms with Crippen molar-refractivity contribution in [2.75, 3.05) is 18.0 Å². The number of benzene rings is 3. The number of nitrogens with one attached hydrogen (secondary N) is 1. The predicted molar refractivity (Wildman–Crippen MR) is 135 cm³/mol. The molecule has 1 N–H and O–H groups in total. The molecule has 0 aromatic heterocycles. The molecular formula is C27H29N3O4S. The summed E-state index contributed by atoms with van der Waals surface area (Å²) >= 11 is 0. The molecular weight excluding hydrogens is 462 g/mol. The second-order valence-electron chi connectivity index (χ2n) is 9.09. The van der Waals surface area contributed by atoms with Gasteiger partial charge in [-0.05, 0) is 50.6 Å². The van der Waals surface area contributed by atoms with Crippen molar-refractivity contribution in [2.45, 2.75) is 37.8 Å². The summed E-state index contributed by atoms with van der Waals surface area (Å²) < 4.78 is 27.8. The van der Waals surface area contributed by atoms with E-state index in [2.05, 4.69) is 5.32 Å². The summed E-state index contributed by atoms with van der Waals surface area (Å²) in [7, 11) is -3.98. The summed E-state index contributed by atoms with van der Waals surface area (Å²) in [5.41, 5.74) is 2.11. The van der Waals surface area contributed by atoms with E-state index in [9.17, 15) is 18.0 Å². The maximum absolute atomic E-state index is 13.6. The van der Waals surface area contributed by atoms with Crippen molar-refractivity contribution < 1.29 is 18.0 Å². The third-order valence-corrected chi connectivity index (χ3v) is 8.08. The summed E-state index contributed by atoms with van der Waals surface area (Å²) in [5.74, 6) is -0.896. The Hall–Kier alpha value is -3.49. The first-order valence-electron chi connectivity index (χ1n) is 11.4. The molecule has 2 amide bonds. The molecule has 7 nitrogen and oxygen atoms in total. The minimum absolute atomic E-state index is 0.0824. The molecule has 3 aromatic rings. The average molecular weight is 492 g/mol. The van der Waals surface area contributed by atoms with Crippen molar-refractivity contribution in [2.24, 2.45) is 0 Å². The van der Waals surface area contributed by atoms with E-state index < -0.39 is 27.4 Å². The molecule has 1 saturated heterocycles. The van der Waals surface area contributed by atoms with Crippen molar-refractivity contribution in [3.63, 3.8) is 0 Å². The summed E-state index contributed by atoms with van der Waals surface area (Å²) in [6.45, 7) is 5.26. The van der Waals surface area contributed by atoms with Gasteiger partial charge in [-0.1, -0.05) is 65.7 Å². The zero-order chi connectivity index (χ0) is 25.2. The summed E-state index contributed by atoms with van der Waals surface area (Å²) in [4.78, 5) is 28.6. The van der Waals surface area contributed by atoms with Gasteiger partial charge in [0.25, 0.3) is 0 Å². The van der Waals surface area contributed by atoms with E-state index in [-0.39, 0.29) is 24.5 Å². The number of amides is 2. The second-order valence-corrected chi connectivity index (χ2v) is 11.0. The number of carbonyl (C=O) groups excluding carboxylic acids is 2. The van der Waals surface area contributed by atoms with Gasteiger partial charge in [-0.3, -0.25) is 14.5 Å². The molecule has 0 radical (unpaired) electrons. The third-order valence-electron chi connectivity index (χ3n) is 6.27. The molecule has 1 aliphatic heterocycles. The highest BCUT2D eigenvalue weighted by Crippen LogP contribution is 2.32. The Morgan fingerprint density at radius 3 is 2.09 bits per heavy atom. The van der Waals surface area contributed by atoms with Gasteiger partial charge in [0, 0.05) is 18.8 Å². The van der Waals surface area contributed by atoms with Gasteiger partial charge in [0.15, 0.2) is 0 Å². The first-order valence-corrected chi connectivity index (χ1v) is 12.8. The smallest absolute Gasteiger partial charge is 0.247 e. The fourth-order valence-electron chi connectivity index (χ4n) is 4.25.